The Morgan fingerprint density at radius 3 is 2.65 bits per heavy atom. The van der Waals surface area contributed by atoms with Gasteiger partial charge in [0.1, 0.15) is 6.23 Å². The predicted octanol–water partition coefficient (Wildman–Crippen LogP) is 1.53. The van der Waals surface area contributed by atoms with Crippen LogP contribution in [0.5, 0.6) is 0 Å². The maximum absolute atomic E-state index is 12.3. The SMILES string of the molecule is C=C[C@@H]1OCCN1S(=O)(=O)c1ccc(C)cc1. The number of benzene rings is 1. The van der Waals surface area contributed by atoms with E-state index in [9.17, 15) is 8.42 Å². The molecule has 2 rings (SSSR count). The molecule has 1 heterocycles. The lowest BCUT2D eigenvalue weighted by atomic mass is 10.2. The van der Waals surface area contributed by atoms with Crippen molar-refractivity contribution in [1.29, 1.82) is 0 Å². The Hall–Kier alpha value is -1.17. The van der Waals surface area contributed by atoms with E-state index in [4.69, 9.17) is 4.74 Å². The van der Waals surface area contributed by atoms with Crippen LogP contribution in [0.1, 0.15) is 5.56 Å². The van der Waals surface area contributed by atoms with Gasteiger partial charge in [0.15, 0.2) is 0 Å². The Bertz CT molecular complexity index is 507. The van der Waals surface area contributed by atoms with E-state index in [0.29, 0.717) is 18.0 Å². The molecule has 0 saturated carbocycles. The standard InChI is InChI=1S/C12H15NO3S/c1-3-12-13(8-9-16-12)17(14,15)11-6-4-10(2)5-7-11/h3-7,12H,1,8-9H2,2H3/t12-/m0/s1. The molecule has 0 N–H and O–H groups in total. The van der Waals surface area contributed by atoms with Gasteiger partial charge in [0, 0.05) is 6.54 Å². The summed E-state index contributed by atoms with van der Waals surface area (Å²) in [6.45, 7) is 6.27. The first-order chi connectivity index (χ1) is 8.05. The van der Waals surface area contributed by atoms with Crippen LogP contribution in [-0.2, 0) is 14.8 Å². The molecule has 4 nitrogen and oxygen atoms in total. The third kappa shape index (κ3) is 2.26. The van der Waals surface area contributed by atoms with Crippen molar-refractivity contribution in [3.63, 3.8) is 0 Å². The second kappa shape index (κ2) is 4.60. The minimum Gasteiger partial charge on any atom is -0.357 e. The molecular formula is C12H15NO3S. The minimum atomic E-state index is -3.48. The zero-order chi connectivity index (χ0) is 12.5. The van der Waals surface area contributed by atoms with E-state index in [1.807, 2.05) is 6.92 Å². The van der Waals surface area contributed by atoms with Gasteiger partial charge in [-0.25, -0.2) is 8.42 Å². The van der Waals surface area contributed by atoms with Crippen molar-refractivity contribution in [1.82, 2.24) is 4.31 Å². The van der Waals surface area contributed by atoms with Crippen LogP contribution < -0.4 is 0 Å². The monoisotopic (exact) mass is 253 g/mol. The highest BCUT2D eigenvalue weighted by atomic mass is 32.2. The quantitative estimate of drug-likeness (QED) is 0.767. The summed E-state index contributed by atoms with van der Waals surface area (Å²) in [5, 5.41) is 0. The van der Waals surface area contributed by atoms with Crippen molar-refractivity contribution in [3.05, 3.63) is 42.5 Å². The summed E-state index contributed by atoms with van der Waals surface area (Å²) < 4.78 is 31.2. The van der Waals surface area contributed by atoms with E-state index in [2.05, 4.69) is 6.58 Å². The first-order valence-electron chi connectivity index (χ1n) is 5.38. The van der Waals surface area contributed by atoms with E-state index in [0.717, 1.165) is 5.56 Å². The van der Waals surface area contributed by atoms with Gasteiger partial charge in [-0.2, -0.15) is 4.31 Å². The zero-order valence-electron chi connectivity index (χ0n) is 9.67. The summed E-state index contributed by atoms with van der Waals surface area (Å²) in [5.74, 6) is 0. The normalized spacial score (nSPS) is 21.6. The van der Waals surface area contributed by atoms with Crippen molar-refractivity contribution in [2.24, 2.45) is 0 Å². The van der Waals surface area contributed by atoms with E-state index in [-0.39, 0.29) is 0 Å². The fourth-order valence-electron chi connectivity index (χ4n) is 1.76. The molecule has 5 heteroatoms. The number of hydrogen-bond acceptors (Lipinski definition) is 3. The van der Waals surface area contributed by atoms with E-state index in [1.165, 1.54) is 10.4 Å². The van der Waals surface area contributed by atoms with E-state index >= 15 is 0 Å². The van der Waals surface area contributed by atoms with Crippen LogP contribution in [0.4, 0.5) is 0 Å². The van der Waals surface area contributed by atoms with Crippen molar-refractivity contribution in [3.8, 4) is 0 Å². The molecule has 1 atom stereocenters. The molecule has 0 radical (unpaired) electrons. The second-order valence-electron chi connectivity index (χ2n) is 3.93. The highest BCUT2D eigenvalue weighted by Crippen LogP contribution is 2.22. The van der Waals surface area contributed by atoms with Crippen LogP contribution >= 0.6 is 0 Å². The van der Waals surface area contributed by atoms with Crippen LogP contribution in [0.25, 0.3) is 0 Å². The van der Waals surface area contributed by atoms with Crippen molar-refractivity contribution in [2.45, 2.75) is 18.0 Å². The van der Waals surface area contributed by atoms with E-state index < -0.39 is 16.3 Å². The van der Waals surface area contributed by atoms with Crippen LogP contribution in [0.2, 0.25) is 0 Å². The fourth-order valence-corrected chi connectivity index (χ4v) is 3.25. The molecule has 0 aliphatic carbocycles. The molecule has 1 saturated heterocycles. The van der Waals surface area contributed by atoms with Crippen LogP contribution in [0.15, 0.2) is 41.8 Å². The van der Waals surface area contributed by atoms with Gasteiger partial charge in [-0.3, -0.25) is 0 Å². The highest BCUT2D eigenvalue weighted by Gasteiger charge is 2.34. The number of sulfonamides is 1. The van der Waals surface area contributed by atoms with Crippen molar-refractivity contribution >= 4 is 10.0 Å². The zero-order valence-corrected chi connectivity index (χ0v) is 10.5. The Labute approximate surface area is 102 Å². The average molecular weight is 253 g/mol. The van der Waals surface area contributed by atoms with Crippen LogP contribution in [-0.4, -0.2) is 32.1 Å². The van der Waals surface area contributed by atoms with Gasteiger partial charge in [-0.15, -0.1) is 0 Å². The largest absolute Gasteiger partial charge is 0.357 e. The Kier molecular flexibility index (Phi) is 3.33. The van der Waals surface area contributed by atoms with Gasteiger partial charge in [-0.05, 0) is 25.1 Å². The maximum Gasteiger partial charge on any atom is 0.245 e. The molecule has 1 aliphatic rings. The number of hydrogen-bond donors (Lipinski definition) is 0. The second-order valence-corrected chi connectivity index (χ2v) is 5.82. The molecule has 1 fully saturated rings. The molecule has 1 aliphatic heterocycles. The first kappa shape index (κ1) is 12.3. The number of rotatable bonds is 3. The number of nitrogens with zero attached hydrogens (tertiary/aromatic N) is 1. The lowest BCUT2D eigenvalue weighted by Gasteiger charge is -2.19. The Balaban J connectivity index is 2.36. The molecule has 17 heavy (non-hydrogen) atoms. The highest BCUT2D eigenvalue weighted by molar-refractivity contribution is 7.89. The molecule has 1 aromatic carbocycles. The average Bonchev–Trinajstić information content (AvgIpc) is 2.78. The van der Waals surface area contributed by atoms with Crippen LogP contribution in [0.3, 0.4) is 0 Å². The smallest absolute Gasteiger partial charge is 0.245 e. The molecule has 0 bridgehead atoms. The summed E-state index contributed by atoms with van der Waals surface area (Å²) in [6.07, 6.45) is 0.944. The lowest BCUT2D eigenvalue weighted by Crippen LogP contribution is -2.34. The maximum atomic E-state index is 12.3. The molecule has 0 unspecified atom stereocenters. The van der Waals surface area contributed by atoms with Crippen molar-refractivity contribution in [2.75, 3.05) is 13.2 Å². The summed E-state index contributed by atoms with van der Waals surface area (Å²) in [6, 6.07) is 6.80. The number of ether oxygens (including phenoxy) is 1. The van der Waals surface area contributed by atoms with Gasteiger partial charge in [-0.1, -0.05) is 24.3 Å². The van der Waals surface area contributed by atoms with Crippen molar-refractivity contribution < 1.29 is 13.2 Å². The van der Waals surface area contributed by atoms with Gasteiger partial charge in [0.25, 0.3) is 0 Å². The van der Waals surface area contributed by atoms with Gasteiger partial charge in [0.05, 0.1) is 11.5 Å². The van der Waals surface area contributed by atoms with Crippen LogP contribution in [0, 0.1) is 6.92 Å². The third-order valence-electron chi connectivity index (χ3n) is 2.71. The third-order valence-corrected chi connectivity index (χ3v) is 4.59. The minimum absolute atomic E-state index is 0.292. The molecule has 0 amide bonds. The topological polar surface area (TPSA) is 46.6 Å². The Morgan fingerprint density at radius 1 is 1.41 bits per heavy atom. The first-order valence-corrected chi connectivity index (χ1v) is 6.82. The summed E-state index contributed by atoms with van der Waals surface area (Å²) in [5.41, 5.74) is 1.03. The Morgan fingerprint density at radius 2 is 2.06 bits per heavy atom. The summed E-state index contributed by atoms with van der Waals surface area (Å²) >= 11 is 0. The predicted molar refractivity (Wildman–Crippen MR) is 65.0 cm³/mol. The van der Waals surface area contributed by atoms with E-state index in [1.54, 1.807) is 24.3 Å². The lowest BCUT2D eigenvalue weighted by molar-refractivity contribution is 0.108. The molecule has 0 spiro atoms. The summed E-state index contributed by atoms with van der Waals surface area (Å²) in [7, 11) is -3.48. The molecular weight excluding hydrogens is 238 g/mol. The van der Waals surface area contributed by atoms with Gasteiger partial charge < -0.3 is 4.74 Å². The molecule has 1 aromatic rings. The summed E-state index contributed by atoms with van der Waals surface area (Å²) in [4.78, 5) is 0.292. The van der Waals surface area contributed by atoms with Gasteiger partial charge >= 0.3 is 0 Å². The molecule has 92 valence electrons. The van der Waals surface area contributed by atoms with Gasteiger partial charge in [0.2, 0.25) is 10.0 Å². The number of aryl methyl sites for hydroxylation is 1. The fraction of sp³-hybridized carbons (Fsp3) is 0.333. The molecule has 0 aromatic heterocycles.